The van der Waals surface area contributed by atoms with Crippen molar-refractivity contribution in [3.63, 3.8) is 0 Å². The second-order valence-electron chi connectivity index (χ2n) is 6.65. The van der Waals surface area contributed by atoms with Crippen molar-refractivity contribution in [2.75, 3.05) is 33.3 Å². The van der Waals surface area contributed by atoms with E-state index < -0.39 is 10.0 Å². The predicted octanol–water partition coefficient (Wildman–Crippen LogP) is 2.63. The van der Waals surface area contributed by atoms with Crippen LogP contribution in [0.2, 0.25) is 0 Å². The van der Waals surface area contributed by atoms with Crippen LogP contribution >= 0.6 is 0 Å². The van der Waals surface area contributed by atoms with Gasteiger partial charge < -0.3 is 4.74 Å². The van der Waals surface area contributed by atoms with E-state index >= 15 is 0 Å². The Labute approximate surface area is 156 Å². The molecule has 0 amide bonds. The molecular weight excluding hydrogens is 348 g/mol. The molecular formula is C20H26N2O3S. The van der Waals surface area contributed by atoms with Gasteiger partial charge in [0, 0.05) is 32.2 Å². The lowest BCUT2D eigenvalue weighted by atomic mass is 10.1. The Morgan fingerprint density at radius 2 is 1.58 bits per heavy atom. The zero-order valence-corrected chi connectivity index (χ0v) is 16.2. The predicted molar refractivity (Wildman–Crippen MR) is 103 cm³/mol. The van der Waals surface area contributed by atoms with Crippen molar-refractivity contribution in [2.24, 2.45) is 0 Å². The molecule has 0 saturated carbocycles. The molecule has 1 saturated heterocycles. The summed E-state index contributed by atoms with van der Waals surface area (Å²) < 4.78 is 32.3. The minimum Gasteiger partial charge on any atom is -0.497 e. The summed E-state index contributed by atoms with van der Waals surface area (Å²) in [6, 6.07) is 17.4. The standard InChI is InChI=1S/C20H26N2O3S/c1-17(16-18-6-4-3-5-7-18)21-12-14-22(15-13-21)26(23,24)20-10-8-19(25-2)9-11-20/h3-11,17H,12-16H2,1-2H3. The van der Waals surface area contributed by atoms with E-state index in [4.69, 9.17) is 4.74 Å². The molecule has 2 aromatic rings. The zero-order valence-electron chi connectivity index (χ0n) is 15.3. The lowest BCUT2D eigenvalue weighted by Gasteiger charge is -2.37. The molecule has 0 aromatic heterocycles. The van der Waals surface area contributed by atoms with Crippen LogP contribution in [0.4, 0.5) is 0 Å². The van der Waals surface area contributed by atoms with E-state index in [1.807, 2.05) is 6.07 Å². The van der Waals surface area contributed by atoms with E-state index in [9.17, 15) is 8.42 Å². The maximum absolute atomic E-state index is 12.8. The Hall–Kier alpha value is -1.89. The Balaban J connectivity index is 1.60. The molecule has 1 fully saturated rings. The highest BCUT2D eigenvalue weighted by molar-refractivity contribution is 7.89. The van der Waals surface area contributed by atoms with Gasteiger partial charge in [-0.25, -0.2) is 8.42 Å². The van der Waals surface area contributed by atoms with Crippen LogP contribution in [-0.4, -0.2) is 57.0 Å². The molecule has 0 aliphatic carbocycles. The van der Waals surface area contributed by atoms with Crippen molar-refractivity contribution in [3.05, 3.63) is 60.2 Å². The number of ether oxygens (including phenoxy) is 1. The fourth-order valence-electron chi connectivity index (χ4n) is 3.37. The SMILES string of the molecule is COc1ccc(S(=O)(=O)N2CCN(C(C)Cc3ccccc3)CC2)cc1. The lowest BCUT2D eigenvalue weighted by Crippen LogP contribution is -2.51. The molecule has 140 valence electrons. The van der Waals surface area contributed by atoms with Gasteiger partial charge in [-0.05, 0) is 43.2 Å². The van der Waals surface area contributed by atoms with Gasteiger partial charge in [0.2, 0.25) is 10.0 Å². The lowest BCUT2D eigenvalue weighted by molar-refractivity contribution is 0.145. The summed E-state index contributed by atoms with van der Waals surface area (Å²) in [5.41, 5.74) is 1.31. The Kier molecular flexibility index (Phi) is 5.96. The second-order valence-corrected chi connectivity index (χ2v) is 8.59. The summed E-state index contributed by atoms with van der Waals surface area (Å²) in [4.78, 5) is 2.69. The Morgan fingerprint density at radius 1 is 0.962 bits per heavy atom. The minimum atomic E-state index is -3.44. The number of sulfonamides is 1. The first kappa shape index (κ1) is 18.9. The minimum absolute atomic E-state index is 0.323. The average Bonchev–Trinajstić information content (AvgIpc) is 2.69. The molecule has 1 aliphatic rings. The maximum Gasteiger partial charge on any atom is 0.243 e. The third kappa shape index (κ3) is 4.26. The van der Waals surface area contributed by atoms with Gasteiger partial charge in [0.25, 0.3) is 0 Å². The van der Waals surface area contributed by atoms with E-state index in [0.717, 1.165) is 19.5 Å². The van der Waals surface area contributed by atoms with Gasteiger partial charge in [0.05, 0.1) is 12.0 Å². The van der Waals surface area contributed by atoms with Gasteiger partial charge in [-0.15, -0.1) is 0 Å². The van der Waals surface area contributed by atoms with Crippen molar-refractivity contribution in [2.45, 2.75) is 24.3 Å². The van der Waals surface area contributed by atoms with Crippen molar-refractivity contribution < 1.29 is 13.2 Å². The molecule has 5 nitrogen and oxygen atoms in total. The summed E-state index contributed by atoms with van der Waals surface area (Å²) in [7, 11) is -1.88. The summed E-state index contributed by atoms with van der Waals surface area (Å²) in [5, 5.41) is 0. The zero-order chi connectivity index (χ0) is 18.6. The van der Waals surface area contributed by atoms with Gasteiger partial charge in [0.1, 0.15) is 5.75 Å². The number of piperazine rings is 1. The van der Waals surface area contributed by atoms with Crippen molar-refractivity contribution in [1.29, 1.82) is 0 Å². The van der Waals surface area contributed by atoms with E-state index in [1.54, 1.807) is 35.7 Å². The molecule has 0 radical (unpaired) electrons. The third-order valence-electron chi connectivity index (χ3n) is 4.97. The topological polar surface area (TPSA) is 49.9 Å². The normalized spacial score (nSPS) is 17.8. The van der Waals surface area contributed by atoms with E-state index in [-0.39, 0.29) is 0 Å². The third-order valence-corrected chi connectivity index (χ3v) is 6.88. The van der Waals surface area contributed by atoms with Crippen LogP contribution in [0.15, 0.2) is 59.5 Å². The molecule has 3 rings (SSSR count). The highest BCUT2D eigenvalue weighted by Gasteiger charge is 2.29. The van der Waals surface area contributed by atoms with Gasteiger partial charge in [-0.3, -0.25) is 4.90 Å². The van der Waals surface area contributed by atoms with Crippen LogP contribution in [-0.2, 0) is 16.4 Å². The summed E-state index contributed by atoms with van der Waals surface area (Å²) >= 11 is 0. The van der Waals surface area contributed by atoms with Crippen LogP contribution in [0, 0.1) is 0 Å². The van der Waals surface area contributed by atoms with E-state index in [0.29, 0.717) is 29.8 Å². The summed E-state index contributed by atoms with van der Waals surface area (Å²) in [6.45, 7) is 4.76. The highest BCUT2D eigenvalue weighted by Crippen LogP contribution is 2.21. The second kappa shape index (κ2) is 8.20. The van der Waals surface area contributed by atoms with E-state index in [2.05, 4.69) is 36.1 Å². The molecule has 0 bridgehead atoms. The van der Waals surface area contributed by atoms with Gasteiger partial charge in [-0.2, -0.15) is 4.31 Å². The monoisotopic (exact) mass is 374 g/mol. The average molecular weight is 375 g/mol. The fourth-order valence-corrected chi connectivity index (χ4v) is 4.79. The molecule has 1 heterocycles. The van der Waals surface area contributed by atoms with Gasteiger partial charge in [-0.1, -0.05) is 30.3 Å². The Morgan fingerprint density at radius 3 is 2.15 bits per heavy atom. The number of hydrogen-bond donors (Lipinski definition) is 0. The maximum atomic E-state index is 12.8. The quantitative estimate of drug-likeness (QED) is 0.780. The van der Waals surface area contributed by atoms with Gasteiger partial charge in [0.15, 0.2) is 0 Å². The fraction of sp³-hybridized carbons (Fsp3) is 0.400. The summed E-state index contributed by atoms with van der Waals surface area (Å²) in [5.74, 6) is 0.656. The van der Waals surface area contributed by atoms with E-state index in [1.165, 1.54) is 5.56 Å². The highest BCUT2D eigenvalue weighted by atomic mass is 32.2. The summed E-state index contributed by atoms with van der Waals surface area (Å²) in [6.07, 6.45) is 0.978. The number of benzene rings is 2. The van der Waals surface area contributed by atoms with Crippen LogP contribution in [0.3, 0.4) is 0 Å². The Bertz CT molecular complexity index is 799. The van der Waals surface area contributed by atoms with Crippen LogP contribution in [0.5, 0.6) is 5.75 Å². The van der Waals surface area contributed by atoms with Crippen LogP contribution in [0.1, 0.15) is 12.5 Å². The molecule has 0 N–H and O–H groups in total. The van der Waals surface area contributed by atoms with Crippen LogP contribution in [0.25, 0.3) is 0 Å². The molecule has 2 aromatic carbocycles. The molecule has 0 spiro atoms. The van der Waals surface area contributed by atoms with Crippen molar-refractivity contribution in [1.82, 2.24) is 9.21 Å². The smallest absolute Gasteiger partial charge is 0.243 e. The van der Waals surface area contributed by atoms with Crippen molar-refractivity contribution >= 4 is 10.0 Å². The first-order chi connectivity index (χ1) is 12.5. The first-order valence-electron chi connectivity index (χ1n) is 8.93. The number of hydrogen-bond acceptors (Lipinski definition) is 4. The van der Waals surface area contributed by atoms with Crippen LogP contribution < -0.4 is 4.74 Å². The number of methoxy groups -OCH3 is 1. The molecule has 1 aliphatic heterocycles. The molecule has 1 unspecified atom stereocenters. The number of nitrogens with zero attached hydrogens (tertiary/aromatic N) is 2. The molecule has 1 atom stereocenters. The van der Waals surface area contributed by atoms with Gasteiger partial charge >= 0.3 is 0 Å². The first-order valence-corrected chi connectivity index (χ1v) is 10.4. The number of rotatable bonds is 6. The molecule has 26 heavy (non-hydrogen) atoms. The largest absolute Gasteiger partial charge is 0.497 e. The molecule has 6 heteroatoms. The van der Waals surface area contributed by atoms with Crippen molar-refractivity contribution in [3.8, 4) is 5.75 Å².